The summed E-state index contributed by atoms with van der Waals surface area (Å²) in [5, 5.41) is 0. The molecule has 0 radical (unpaired) electrons. The van der Waals surface area contributed by atoms with E-state index in [2.05, 4.69) is 5.73 Å². The van der Waals surface area contributed by atoms with E-state index in [4.69, 9.17) is 0 Å². The van der Waals surface area contributed by atoms with Gasteiger partial charge in [0.15, 0.2) is 0 Å². The van der Waals surface area contributed by atoms with E-state index >= 15 is 0 Å². The van der Waals surface area contributed by atoms with Crippen molar-refractivity contribution in [3.05, 3.63) is 0 Å². The standard InChI is InChI=1S/C6H8F7N.ClH/c1-2-3(14)4(7,8)5(9,10)6(11,12)13;/h3H,2,14H2,1H3;1H/t3-;/m1./s1. The Morgan fingerprint density at radius 1 is 1.00 bits per heavy atom. The Hall–Kier alpha value is -0.240. The largest absolute Gasteiger partial charge is 0.459 e. The van der Waals surface area contributed by atoms with Crippen LogP contribution in [0.5, 0.6) is 0 Å². The molecule has 0 aromatic rings. The highest BCUT2D eigenvalue weighted by Gasteiger charge is 2.74. The molecule has 0 heterocycles. The van der Waals surface area contributed by atoms with Crippen LogP contribution >= 0.6 is 12.4 Å². The number of rotatable bonds is 3. The van der Waals surface area contributed by atoms with Crippen molar-refractivity contribution in [1.29, 1.82) is 0 Å². The molecule has 0 spiro atoms. The van der Waals surface area contributed by atoms with E-state index in [1.165, 1.54) is 0 Å². The molecule has 9 heteroatoms. The van der Waals surface area contributed by atoms with Gasteiger partial charge >= 0.3 is 18.0 Å². The maximum atomic E-state index is 12.5. The fourth-order valence-electron chi connectivity index (χ4n) is 0.678. The first kappa shape index (κ1) is 17.2. The van der Waals surface area contributed by atoms with Crippen molar-refractivity contribution in [2.75, 3.05) is 0 Å². The summed E-state index contributed by atoms with van der Waals surface area (Å²) < 4.78 is 84.0. The highest BCUT2D eigenvalue weighted by atomic mass is 35.5. The van der Waals surface area contributed by atoms with E-state index in [-0.39, 0.29) is 12.4 Å². The predicted octanol–water partition coefficient (Wildman–Crippen LogP) is 2.98. The van der Waals surface area contributed by atoms with E-state index in [1.807, 2.05) is 0 Å². The lowest BCUT2D eigenvalue weighted by atomic mass is 10.0. The van der Waals surface area contributed by atoms with Crippen LogP contribution in [0.1, 0.15) is 13.3 Å². The van der Waals surface area contributed by atoms with Crippen molar-refractivity contribution in [3.8, 4) is 0 Å². The molecule has 0 fully saturated rings. The van der Waals surface area contributed by atoms with Gasteiger partial charge in [0.1, 0.15) is 0 Å². The van der Waals surface area contributed by atoms with Crippen LogP contribution in [0.3, 0.4) is 0 Å². The lowest BCUT2D eigenvalue weighted by Crippen LogP contribution is -2.60. The molecule has 0 aliphatic heterocycles. The minimum Gasteiger partial charge on any atom is -0.322 e. The number of hydrogen-bond donors (Lipinski definition) is 1. The number of alkyl halides is 7. The van der Waals surface area contributed by atoms with Crippen LogP contribution in [0.4, 0.5) is 30.7 Å². The zero-order valence-electron chi connectivity index (χ0n) is 7.42. The summed E-state index contributed by atoms with van der Waals surface area (Å²) in [6.45, 7) is 0.991. The highest BCUT2D eigenvalue weighted by Crippen LogP contribution is 2.47. The van der Waals surface area contributed by atoms with Crippen LogP contribution in [0.15, 0.2) is 0 Å². The number of hydrogen-bond acceptors (Lipinski definition) is 1. The third kappa shape index (κ3) is 2.87. The van der Waals surface area contributed by atoms with Gasteiger partial charge in [-0.05, 0) is 6.42 Å². The first-order chi connectivity index (χ1) is 5.98. The molecule has 15 heavy (non-hydrogen) atoms. The molecule has 0 rings (SSSR count). The molecule has 1 atom stereocenters. The highest BCUT2D eigenvalue weighted by molar-refractivity contribution is 5.85. The molecule has 0 aliphatic carbocycles. The molecule has 0 aromatic carbocycles. The second-order valence-electron chi connectivity index (χ2n) is 2.71. The Bertz CT molecular complexity index is 202. The summed E-state index contributed by atoms with van der Waals surface area (Å²) in [7, 11) is 0. The summed E-state index contributed by atoms with van der Waals surface area (Å²) >= 11 is 0. The van der Waals surface area contributed by atoms with Crippen molar-refractivity contribution >= 4 is 12.4 Å². The Kier molecular flexibility index (Phi) is 5.41. The third-order valence-corrected chi connectivity index (χ3v) is 1.68. The van der Waals surface area contributed by atoms with Crippen LogP contribution in [-0.4, -0.2) is 24.1 Å². The van der Waals surface area contributed by atoms with Gasteiger partial charge < -0.3 is 5.73 Å². The van der Waals surface area contributed by atoms with Crippen molar-refractivity contribution in [2.45, 2.75) is 37.4 Å². The van der Waals surface area contributed by atoms with Gasteiger partial charge in [0.05, 0.1) is 6.04 Å². The second kappa shape index (κ2) is 4.73. The van der Waals surface area contributed by atoms with Gasteiger partial charge in [-0.15, -0.1) is 12.4 Å². The maximum absolute atomic E-state index is 12.5. The first-order valence-electron chi connectivity index (χ1n) is 3.56. The van der Waals surface area contributed by atoms with Crippen molar-refractivity contribution in [3.63, 3.8) is 0 Å². The molecular formula is C6H9ClF7N. The Labute approximate surface area is 87.2 Å². The molecular weight excluding hydrogens is 255 g/mol. The average Bonchev–Trinajstić information content (AvgIpc) is 2.00. The van der Waals surface area contributed by atoms with Crippen LogP contribution in [0.2, 0.25) is 0 Å². The van der Waals surface area contributed by atoms with E-state index in [1.54, 1.807) is 0 Å². The molecule has 0 aromatic heterocycles. The van der Waals surface area contributed by atoms with Gasteiger partial charge in [-0.3, -0.25) is 0 Å². The normalized spacial score (nSPS) is 15.8. The van der Waals surface area contributed by atoms with Gasteiger partial charge in [-0.2, -0.15) is 30.7 Å². The Morgan fingerprint density at radius 3 is 1.53 bits per heavy atom. The summed E-state index contributed by atoms with van der Waals surface area (Å²) in [5.74, 6) is -11.4. The zero-order chi connectivity index (χ0) is 11.8. The Balaban J connectivity index is 0. The van der Waals surface area contributed by atoms with Gasteiger partial charge in [0.25, 0.3) is 0 Å². The van der Waals surface area contributed by atoms with E-state index in [0.29, 0.717) is 0 Å². The van der Waals surface area contributed by atoms with Gasteiger partial charge in [0, 0.05) is 0 Å². The lowest BCUT2D eigenvalue weighted by Gasteiger charge is -2.31. The summed E-state index contributed by atoms with van der Waals surface area (Å²) in [6, 6.07) is -2.53. The summed E-state index contributed by atoms with van der Waals surface area (Å²) in [6.07, 6.45) is -6.98. The topological polar surface area (TPSA) is 26.0 Å². The lowest BCUT2D eigenvalue weighted by molar-refractivity contribution is -0.358. The quantitative estimate of drug-likeness (QED) is 0.779. The minimum atomic E-state index is -6.30. The van der Waals surface area contributed by atoms with Crippen LogP contribution < -0.4 is 5.73 Å². The molecule has 0 saturated heterocycles. The smallest absolute Gasteiger partial charge is 0.322 e. The SMILES string of the molecule is CC[C@@H](N)C(F)(F)C(F)(F)C(F)(F)F.Cl. The van der Waals surface area contributed by atoms with Crippen molar-refractivity contribution < 1.29 is 30.7 Å². The Morgan fingerprint density at radius 2 is 1.33 bits per heavy atom. The molecule has 0 amide bonds. The third-order valence-electron chi connectivity index (χ3n) is 1.68. The van der Waals surface area contributed by atoms with Gasteiger partial charge in [0.2, 0.25) is 0 Å². The van der Waals surface area contributed by atoms with Crippen LogP contribution in [0.25, 0.3) is 0 Å². The van der Waals surface area contributed by atoms with E-state index in [0.717, 1.165) is 6.92 Å². The summed E-state index contributed by atoms with van der Waals surface area (Å²) in [4.78, 5) is 0. The fourth-order valence-corrected chi connectivity index (χ4v) is 0.678. The fraction of sp³-hybridized carbons (Fsp3) is 1.00. The molecule has 94 valence electrons. The summed E-state index contributed by atoms with van der Waals surface area (Å²) in [5.41, 5.74) is 4.50. The first-order valence-corrected chi connectivity index (χ1v) is 3.56. The van der Waals surface area contributed by atoms with E-state index in [9.17, 15) is 30.7 Å². The van der Waals surface area contributed by atoms with Crippen LogP contribution in [-0.2, 0) is 0 Å². The molecule has 0 unspecified atom stereocenters. The average molecular weight is 264 g/mol. The second-order valence-corrected chi connectivity index (χ2v) is 2.71. The number of nitrogens with two attached hydrogens (primary N) is 1. The minimum absolute atomic E-state index is 0. The molecule has 0 aliphatic rings. The maximum Gasteiger partial charge on any atom is 0.459 e. The van der Waals surface area contributed by atoms with Crippen molar-refractivity contribution in [2.24, 2.45) is 5.73 Å². The molecule has 1 nitrogen and oxygen atoms in total. The van der Waals surface area contributed by atoms with Crippen LogP contribution in [0, 0.1) is 0 Å². The molecule has 0 bridgehead atoms. The number of halogens is 8. The monoisotopic (exact) mass is 263 g/mol. The van der Waals surface area contributed by atoms with Gasteiger partial charge in [-0.25, -0.2) is 0 Å². The molecule has 2 N–H and O–H groups in total. The van der Waals surface area contributed by atoms with Crippen molar-refractivity contribution in [1.82, 2.24) is 0 Å². The zero-order valence-corrected chi connectivity index (χ0v) is 8.23. The van der Waals surface area contributed by atoms with Gasteiger partial charge in [-0.1, -0.05) is 6.92 Å². The van der Waals surface area contributed by atoms with E-state index < -0.39 is 30.5 Å². The predicted molar refractivity (Wildman–Crippen MR) is 41.5 cm³/mol. The molecule has 0 saturated carbocycles.